The van der Waals surface area contributed by atoms with Gasteiger partial charge in [-0.25, -0.2) is 4.21 Å². The van der Waals surface area contributed by atoms with E-state index in [1.54, 1.807) is 59.5 Å². The van der Waals surface area contributed by atoms with Crippen LogP contribution in [0.4, 0.5) is 5.69 Å². The fourth-order valence-corrected chi connectivity index (χ4v) is 5.49. The highest BCUT2D eigenvalue weighted by Gasteiger charge is 2.31. The molecule has 1 atom stereocenters. The summed E-state index contributed by atoms with van der Waals surface area (Å²) in [5.41, 5.74) is 3.05. The van der Waals surface area contributed by atoms with Crippen LogP contribution in [0.15, 0.2) is 107 Å². The average Bonchev–Trinajstić information content (AvgIpc) is 2.98. The van der Waals surface area contributed by atoms with Crippen LogP contribution in [0.1, 0.15) is 31.8 Å². The Bertz CT molecular complexity index is 1440. The summed E-state index contributed by atoms with van der Waals surface area (Å²) >= 11 is 6.04. The summed E-state index contributed by atoms with van der Waals surface area (Å²) in [6, 6.07) is 28.7. The molecule has 5 rings (SSSR count). The molecule has 1 aliphatic heterocycles. The van der Waals surface area contributed by atoms with E-state index in [0.29, 0.717) is 38.2 Å². The Labute approximate surface area is 210 Å². The maximum atomic E-state index is 13.7. The minimum absolute atomic E-state index is 0.240. The number of carbonyl (C=O) groups is 2. The number of nitrogens with zero attached hydrogens (tertiary/aromatic N) is 1. The number of halogens is 1. The van der Waals surface area contributed by atoms with Crippen LogP contribution in [0.5, 0.6) is 0 Å². The molecular weight excluding hydrogens is 480 g/mol. The van der Waals surface area contributed by atoms with Gasteiger partial charge in [-0.1, -0.05) is 66.2 Å². The lowest BCUT2D eigenvalue weighted by Crippen LogP contribution is -2.31. The highest BCUT2D eigenvalue weighted by atomic mass is 35.5. The van der Waals surface area contributed by atoms with Gasteiger partial charge in [0, 0.05) is 17.1 Å². The number of nitrogens with one attached hydrogen (secondary N) is 1. The van der Waals surface area contributed by atoms with Gasteiger partial charge in [-0.3, -0.25) is 9.59 Å². The first-order valence-corrected chi connectivity index (χ1v) is 12.6. The van der Waals surface area contributed by atoms with Gasteiger partial charge in [-0.15, -0.1) is 0 Å². The van der Waals surface area contributed by atoms with Crippen molar-refractivity contribution in [1.29, 1.82) is 0 Å². The molecule has 5 nitrogen and oxygen atoms in total. The van der Waals surface area contributed by atoms with Crippen molar-refractivity contribution < 1.29 is 13.8 Å². The third-order valence-electron chi connectivity index (χ3n) is 5.82. The van der Waals surface area contributed by atoms with E-state index in [-0.39, 0.29) is 18.4 Å². The van der Waals surface area contributed by atoms with Crippen LogP contribution in [-0.2, 0) is 23.9 Å². The summed E-state index contributed by atoms with van der Waals surface area (Å²) in [6.45, 7) is 0.616. The van der Waals surface area contributed by atoms with Crippen LogP contribution < -0.4 is 10.2 Å². The summed E-state index contributed by atoms with van der Waals surface area (Å²) in [5, 5.41) is 3.51. The Morgan fingerprint density at radius 2 is 1.54 bits per heavy atom. The molecule has 0 spiro atoms. The minimum atomic E-state index is -1.58. The molecule has 0 saturated heterocycles. The van der Waals surface area contributed by atoms with Gasteiger partial charge >= 0.3 is 0 Å². The standard InChI is InChI=1S/C28H21ClN2O3S/c29-22-13-10-20(11-14-22)18-31-24-16-21(27(32)30-17-19-6-2-1-3-7-19)12-15-26(24)35(34)25-9-5-4-8-23(25)28(31)33/h1-16H,17-18H2,(H,30,32). The third-order valence-corrected chi connectivity index (χ3v) is 7.58. The summed E-state index contributed by atoms with van der Waals surface area (Å²) in [6.07, 6.45) is 0. The number of anilines is 1. The second-order valence-electron chi connectivity index (χ2n) is 8.13. The topological polar surface area (TPSA) is 66.5 Å². The van der Waals surface area contributed by atoms with Crippen molar-refractivity contribution in [3.63, 3.8) is 0 Å². The maximum absolute atomic E-state index is 13.7. The van der Waals surface area contributed by atoms with E-state index in [0.717, 1.165) is 11.1 Å². The van der Waals surface area contributed by atoms with E-state index in [1.807, 2.05) is 42.5 Å². The molecule has 7 heteroatoms. The molecule has 0 fully saturated rings. The summed E-state index contributed by atoms with van der Waals surface area (Å²) in [5.74, 6) is -0.549. The third kappa shape index (κ3) is 4.76. The molecular formula is C28H21ClN2O3S. The van der Waals surface area contributed by atoms with Crippen LogP contribution in [0, 0.1) is 0 Å². The lowest BCUT2D eigenvalue weighted by atomic mass is 10.1. The normalized spacial score (nSPS) is 14.6. The molecule has 0 saturated carbocycles. The monoisotopic (exact) mass is 500 g/mol. The zero-order chi connectivity index (χ0) is 24.4. The van der Waals surface area contributed by atoms with Gasteiger partial charge in [0.2, 0.25) is 0 Å². The van der Waals surface area contributed by atoms with Crippen molar-refractivity contribution in [2.45, 2.75) is 22.9 Å². The lowest BCUT2D eigenvalue weighted by Gasteiger charge is -2.23. The Hall–Kier alpha value is -3.74. The Morgan fingerprint density at radius 3 is 2.31 bits per heavy atom. The highest BCUT2D eigenvalue weighted by molar-refractivity contribution is 7.85. The molecule has 4 aromatic carbocycles. The second kappa shape index (κ2) is 9.86. The highest BCUT2D eigenvalue weighted by Crippen LogP contribution is 2.36. The molecule has 35 heavy (non-hydrogen) atoms. The van der Waals surface area contributed by atoms with Crippen molar-refractivity contribution in [2.75, 3.05) is 4.90 Å². The van der Waals surface area contributed by atoms with Crippen LogP contribution in [-0.4, -0.2) is 16.0 Å². The maximum Gasteiger partial charge on any atom is 0.259 e. The van der Waals surface area contributed by atoms with Gasteiger partial charge in [0.25, 0.3) is 11.8 Å². The van der Waals surface area contributed by atoms with Crippen LogP contribution >= 0.6 is 11.6 Å². The first-order valence-electron chi connectivity index (χ1n) is 11.0. The van der Waals surface area contributed by atoms with Crippen LogP contribution in [0.25, 0.3) is 0 Å². The zero-order valence-electron chi connectivity index (χ0n) is 18.6. The van der Waals surface area contributed by atoms with Gasteiger partial charge in [0.15, 0.2) is 0 Å². The van der Waals surface area contributed by atoms with Gasteiger partial charge in [0.1, 0.15) is 0 Å². The minimum Gasteiger partial charge on any atom is -0.348 e. The molecule has 0 aromatic heterocycles. The van der Waals surface area contributed by atoms with Crippen molar-refractivity contribution >= 4 is 39.9 Å². The zero-order valence-corrected chi connectivity index (χ0v) is 20.2. The van der Waals surface area contributed by atoms with E-state index in [2.05, 4.69) is 5.32 Å². The number of benzene rings is 4. The summed E-state index contributed by atoms with van der Waals surface area (Å²) in [4.78, 5) is 29.2. The van der Waals surface area contributed by atoms with Crippen molar-refractivity contribution in [1.82, 2.24) is 5.32 Å². The first kappa shape index (κ1) is 23.0. The van der Waals surface area contributed by atoms with E-state index in [1.165, 1.54) is 0 Å². The SMILES string of the molecule is O=C(NCc1ccccc1)c1ccc2c(c1)N(Cc1ccc(Cl)cc1)C(=O)c1ccccc1S2=O. The van der Waals surface area contributed by atoms with Crippen molar-refractivity contribution in [3.05, 3.63) is 124 Å². The second-order valence-corrected chi connectivity index (χ2v) is 9.99. The van der Waals surface area contributed by atoms with E-state index >= 15 is 0 Å². The number of rotatable bonds is 5. The first-order chi connectivity index (χ1) is 17.0. The summed E-state index contributed by atoms with van der Waals surface area (Å²) in [7, 11) is -1.58. The van der Waals surface area contributed by atoms with Gasteiger partial charge in [-0.05, 0) is 53.6 Å². The quantitative estimate of drug-likeness (QED) is 0.388. The van der Waals surface area contributed by atoms with Crippen LogP contribution in [0.2, 0.25) is 5.02 Å². The largest absolute Gasteiger partial charge is 0.348 e. The van der Waals surface area contributed by atoms with Crippen molar-refractivity contribution in [2.24, 2.45) is 0 Å². The number of fused-ring (bicyclic) bond motifs is 2. The molecule has 0 radical (unpaired) electrons. The smallest absolute Gasteiger partial charge is 0.259 e. The van der Waals surface area contributed by atoms with Gasteiger partial charge in [0.05, 0.1) is 38.4 Å². The molecule has 2 amide bonds. The molecule has 1 heterocycles. The number of carbonyl (C=O) groups excluding carboxylic acids is 2. The fourth-order valence-electron chi connectivity index (χ4n) is 4.01. The number of hydrogen-bond acceptors (Lipinski definition) is 3. The molecule has 174 valence electrons. The fraction of sp³-hybridized carbons (Fsp3) is 0.0714. The predicted molar refractivity (Wildman–Crippen MR) is 137 cm³/mol. The van der Waals surface area contributed by atoms with Gasteiger partial charge in [-0.2, -0.15) is 0 Å². The molecule has 0 bridgehead atoms. The lowest BCUT2D eigenvalue weighted by molar-refractivity contribution is 0.0947. The summed E-state index contributed by atoms with van der Waals surface area (Å²) < 4.78 is 13.5. The molecule has 1 unspecified atom stereocenters. The van der Waals surface area contributed by atoms with E-state index in [9.17, 15) is 13.8 Å². The molecule has 4 aromatic rings. The molecule has 1 aliphatic rings. The Morgan fingerprint density at radius 1 is 0.829 bits per heavy atom. The molecule has 0 aliphatic carbocycles. The number of hydrogen-bond donors (Lipinski definition) is 1. The van der Waals surface area contributed by atoms with Crippen LogP contribution in [0.3, 0.4) is 0 Å². The predicted octanol–water partition coefficient (Wildman–Crippen LogP) is 5.60. The molecule has 1 N–H and O–H groups in total. The number of amides is 2. The van der Waals surface area contributed by atoms with Gasteiger partial charge < -0.3 is 10.2 Å². The Kier molecular flexibility index (Phi) is 6.49. The average molecular weight is 501 g/mol. The van der Waals surface area contributed by atoms with E-state index in [4.69, 9.17) is 11.6 Å². The van der Waals surface area contributed by atoms with Crippen molar-refractivity contribution in [3.8, 4) is 0 Å². The van der Waals surface area contributed by atoms with E-state index < -0.39 is 10.8 Å². The Balaban J connectivity index is 1.54.